The van der Waals surface area contributed by atoms with Crippen molar-refractivity contribution < 1.29 is 34.2 Å². The van der Waals surface area contributed by atoms with Gasteiger partial charge < -0.3 is 36.9 Å². The fourth-order valence-corrected chi connectivity index (χ4v) is 4.10. The third kappa shape index (κ3) is 11.2. The molecule has 0 saturated carbocycles. The fraction of sp³-hybridized carbons (Fsp3) is 0.440. The lowest BCUT2D eigenvalue weighted by Gasteiger charge is -2.25. The second-order valence-electron chi connectivity index (χ2n) is 8.81. The van der Waals surface area contributed by atoms with E-state index in [2.05, 4.69) is 25.9 Å². The van der Waals surface area contributed by atoms with Crippen LogP contribution >= 0.6 is 11.8 Å². The fourth-order valence-electron chi connectivity index (χ4n) is 3.61. The summed E-state index contributed by atoms with van der Waals surface area (Å²) < 4.78 is 0. The Morgan fingerprint density at radius 2 is 1.56 bits per heavy atom. The molecular weight excluding hydrogens is 528 g/mol. The number of nitrogens with zero attached hydrogens (tertiary/aromatic N) is 1. The molecule has 1 aromatic heterocycles. The van der Waals surface area contributed by atoms with Gasteiger partial charge in [-0.1, -0.05) is 30.3 Å². The van der Waals surface area contributed by atoms with Crippen molar-refractivity contribution in [1.29, 1.82) is 0 Å². The lowest BCUT2D eigenvalue weighted by Crippen LogP contribution is -2.58. The Morgan fingerprint density at radius 1 is 0.923 bits per heavy atom. The van der Waals surface area contributed by atoms with Gasteiger partial charge in [-0.3, -0.25) is 19.2 Å². The molecule has 212 valence electrons. The first-order valence-corrected chi connectivity index (χ1v) is 13.6. The van der Waals surface area contributed by atoms with Crippen LogP contribution < -0.4 is 21.7 Å². The first-order chi connectivity index (χ1) is 18.6. The van der Waals surface area contributed by atoms with E-state index < -0.39 is 60.2 Å². The summed E-state index contributed by atoms with van der Waals surface area (Å²) in [6.45, 7) is 0. The van der Waals surface area contributed by atoms with Gasteiger partial charge in [0.25, 0.3) is 0 Å². The molecule has 0 radical (unpaired) electrons. The van der Waals surface area contributed by atoms with E-state index in [1.165, 1.54) is 24.3 Å². The third-order valence-electron chi connectivity index (χ3n) is 5.76. The minimum Gasteiger partial charge on any atom is -0.481 e. The zero-order chi connectivity index (χ0) is 28.8. The van der Waals surface area contributed by atoms with Gasteiger partial charge in [0.15, 0.2) is 0 Å². The number of aliphatic carboxylic acids is 2. The zero-order valence-electron chi connectivity index (χ0n) is 21.5. The van der Waals surface area contributed by atoms with Crippen LogP contribution in [-0.4, -0.2) is 86.0 Å². The quantitative estimate of drug-likeness (QED) is 0.133. The Morgan fingerprint density at radius 3 is 2.15 bits per heavy atom. The molecular formula is C25H34N6O7S. The van der Waals surface area contributed by atoms with Crippen LogP contribution in [0.1, 0.15) is 30.5 Å². The predicted octanol–water partition coefficient (Wildman–Crippen LogP) is -0.321. The molecule has 0 aliphatic carbocycles. The summed E-state index contributed by atoms with van der Waals surface area (Å²) in [6.07, 6.45) is 4.32. The molecule has 1 aromatic carbocycles. The van der Waals surface area contributed by atoms with Crippen molar-refractivity contribution in [1.82, 2.24) is 25.9 Å². The van der Waals surface area contributed by atoms with Gasteiger partial charge >= 0.3 is 11.9 Å². The van der Waals surface area contributed by atoms with Crippen molar-refractivity contribution in [2.24, 2.45) is 5.73 Å². The van der Waals surface area contributed by atoms with E-state index in [1.807, 2.05) is 6.26 Å². The topological polar surface area (TPSA) is 217 Å². The molecule has 0 bridgehead atoms. The van der Waals surface area contributed by atoms with Crippen LogP contribution in [0.2, 0.25) is 0 Å². The van der Waals surface area contributed by atoms with Gasteiger partial charge in [-0.2, -0.15) is 11.8 Å². The number of aromatic nitrogens is 2. The summed E-state index contributed by atoms with van der Waals surface area (Å²) in [5.74, 6) is -4.06. The number of H-pyrrole nitrogens is 1. The van der Waals surface area contributed by atoms with Crippen molar-refractivity contribution in [2.75, 3.05) is 12.0 Å². The van der Waals surface area contributed by atoms with Gasteiger partial charge in [-0.05, 0) is 30.4 Å². The number of carboxylic acids is 2. The SMILES string of the molecule is CSCCC(N)C(=O)NC(Cc1cnc[nH]1)C(=O)NC(CCC(=O)O)C(=O)NC(Cc1ccccc1)C(=O)O. The number of carboxylic acid groups (broad SMARTS) is 2. The number of hydrogen-bond donors (Lipinski definition) is 7. The smallest absolute Gasteiger partial charge is 0.326 e. The van der Waals surface area contributed by atoms with E-state index >= 15 is 0 Å². The van der Waals surface area contributed by atoms with E-state index in [9.17, 15) is 29.1 Å². The maximum absolute atomic E-state index is 13.3. The van der Waals surface area contributed by atoms with Crippen molar-refractivity contribution in [3.63, 3.8) is 0 Å². The molecule has 2 rings (SSSR count). The van der Waals surface area contributed by atoms with Crippen molar-refractivity contribution in [2.45, 2.75) is 56.3 Å². The van der Waals surface area contributed by atoms with E-state index in [-0.39, 0.29) is 19.3 Å². The second kappa shape index (κ2) is 16.1. The lowest BCUT2D eigenvalue weighted by atomic mass is 10.0. The predicted molar refractivity (Wildman–Crippen MR) is 144 cm³/mol. The Hall–Kier alpha value is -3.91. The number of carbonyl (C=O) groups excluding carboxylic acids is 3. The van der Waals surface area contributed by atoms with E-state index in [0.717, 1.165) is 0 Å². The van der Waals surface area contributed by atoms with Crippen LogP contribution in [0.25, 0.3) is 0 Å². The maximum Gasteiger partial charge on any atom is 0.326 e. The Bertz CT molecular complexity index is 1100. The Balaban J connectivity index is 2.19. The number of nitrogens with two attached hydrogens (primary N) is 1. The van der Waals surface area contributed by atoms with Gasteiger partial charge in [-0.15, -0.1) is 0 Å². The molecule has 14 heteroatoms. The summed E-state index contributed by atoms with van der Waals surface area (Å²) in [4.78, 5) is 68.8. The first kappa shape index (κ1) is 31.3. The monoisotopic (exact) mass is 562 g/mol. The van der Waals surface area contributed by atoms with Gasteiger partial charge in [0.05, 0.1) is 12.4 Å². The average molecular weight is 563 g/mol. The van der Waals surface area contributed by atoms with Gasteiger partial charge in [0.2, 0.25) is 17.7 Å². The minimum absolute atomic E-state index is 0.00809. The molecule has 1 heterocycles. The number of carbonyl (C=O) groups is 5. The molecule has 2 aromatic rings. The number of thioether (sulfide) groups is 1. The molecule has 39 heavy (non-hydrogen) atoms. The van der Waals surface area contributed by atoms with E-state index in [4.69, 9.17) is 10.8 Å². The standard InChI is InChI=1S/C25H34N6O7S/c1-39-10-9-17(26)22(34)30-19(12-16-13-27-14-28-16)24(36)29-18(7-8-21(32)33)23(35)31-20(25(37)38)11-15-5-3-2-4-6-15/h2-6,13-14,17-20H,7-12,26H2,1H3,(H,27,28)(H,29,36)(H,30,34)(H,31,35)(H,32,33)(H,37,38). The van der Waals surface area contributed by atoms with Crippen LogP contribution in [0.5, 0.6) is 0 Å². The number of imidazole rings is 1. The molecule has 8 N–H and O–H groups in total. The highest BCUT2D eigenvalue weighted by Crippen LogP contribution is 2.08. The van der Waals surface area contributed by atoms with Crippen molar-refractivity contribution in [3.8, 4) is 0 Å². The molecule has 4 atom stereocenters. The molecule has 0 aliphatic heterocycles. The summed E-state index contributed by atoms with van der Waals surface area (Å²) in [7, 11) is 0. The van der Waals surface area contributed by atoms with Crippen LogP contribution in [0, 0.1) is 0 Å². The molecule has 0 aliphatic rings. The molecule has 0 saturated heterocycles. The number of nitrogens with one attached hydrogen (secondary N) is 4. The molecule has 3 amide bonds. The molecule has 0 fully saturated rings. The molecule has 13 nitrogen and oxygen atoms in total. The van der Waals surface area contributed by atoms with Crippen molar-refractivity contribution in [3.05, 3.63) is 54.1 Å². The van der Waals surface area contributed by atoms with E-state index in [0.29, 0.717) is 23.4 Å². The second-order valence-corrected chi connectivity index (χ2v) is 9.80. The number of hydrogen-bond acceptors (Lipinski definition) is 8. The number of aromatic amines is 1. The van der Waals surface area contributed by atoms with Crippen LogP contribution in [0.3, 0.4) is 0 Å². The first-order valence-electron chi connectivity index (χ1n) is 12.2. The van der Waals surface area contributed by atoms with Gasteiger partial charge in [0.1, 0.15) is 18.1 Å². The number of rotatable bonds is 17. The van der Waals surface area contributed by atoms with E-state index in [1.54, 1.807) is 30.3 Å². The van der Waals surface area contributed by atoms with Gasteiger partial charge in [0, 0.05) is 31.2 Å². The average Bonchev–Trinajstić information content (AvgIpc) is 3.42. The normalized spacial score (nSPS) is 13.9. The maximum atomic E-state index is 13.3. The van der Waals surface area contributed by atoms with Crippen molar-refractivity contribution >= 4 is 41.4 Å². The van der Waals surface area contributed by atoms with Crippen LogP contribution in [-0.2, 0) is 36.8 Å². The summed E-state index contributed by atoms with van der Waals surface area (Å²) >= 11 is 1.52. The lowest BCUT2D eigenvalue weighted by molar-refractivity contribution is -0.143. The number of amides is 3. The Labute approximate surface area is 229 Å². The number of benzene rings is 1. The molecule has 0 spiro atoms. The third-order valence-corrected chi connectivity index (χ3v) is 6.40. The summed E-state index contributed by atoms with van der Waals surface area (Å²) in [6, 6.07) is 3.91. The summed E-state index contributed by atoms with van der Waals surface area (Å²) in [5, 5.41) is 26.3. The largest absolute Gasteiger partial charge is 0.481 e. The van der Waals surface area contributed by atoms with Gasteiger partial charge in [-0.25, -0.2) is 9.78 Å². The highest BCUT2D eigenvalue weighted by molar-refractivity contribution is 7.98. The van der Waals surface area contributed by atoms with Crippen LogP contribution in [0.15, 0.2) is 42.9 Å². The minimum atomic E-state index is -1.38. The zero-order valence-corrected chi connectivity index (χ0v) is 22.3. The Kier molecular flexibility index (Phi) is 13.0. The highest BCUT2D eigenvalue weighted by Gasteiger charge is 2.31. The van der Waals surface area contributed by atoms with Crippen LogP contribution in [0.4, 0.5) is 0 Å². The highest BCUT2D eigenvalue weighted by atomic mass is 32.2. The molecule has 4 unspecified atom stereocenters. The summed E-state index contributed by atoms with van der Waals surface area (Å²) in [5.41, 5.74) is 7.12.